The summed E-state index contributed by atoms with van der Waals surface area (Å²) in [5, 5.41) is 21.0. The first kappa shape index (κ1) is 16.2. The van der Waals surface area contributed by atoms with Crippen LogP contribution in [0.1, 0.15) is 24.5 Å². The van der Waals surface area contributed by atoms with Gasteiger partial charge in [-0.15, -0.1) is 5.10 Å². The Morgan fingerprint density at radius 1 is 1.08 bits per heavy atom. The normalized spacial score (nSPS) is 17.8. The standard InChI is InChI=1S/C20H24N4O/c25-20(19-7-3-5-17-4-1-2-6-18(17)19)15-23-11-8-16(9-12-23)14-24-13-10-21-22-24/h1-7,10,13,16,20,25H,8-9,11-12,14-15H2/t20-/m0/s1. The second-order valence-corrected chi connectivity index (χ2v) is 6.95. The highest BCUT2D eigenvalue weighted by atomic mass is 16.3. The molecule has 5 heteroatoms. The monoisotopic (exact) mass is 336 g/mol. The van der Waals surface area contributed by atoms with E-state index in [-0.39, 0.29) is 0 Å². The zero-order chi connectivity index (χ0) is 17.1. The summed E-state index contributed by atoms with van der Waals surface area (Å²) in [6.45, 7) is 3.70. The van der Waals surface area contributed by atoms with Crippen LogP contribution < -0.4 is 0 Å². The van der Waals surface area contributed by atoms with Crippen LogP contribution in [0.25, 0.3) is 10.8 Å². The largest absolute Gasteiger partial charge is 0.387 e. The van der Waals surface area contributed by atoms with Crippen molar-refractivity contribution in [1.29, 1.82) is 0 Å². The summed E-state index contributed by atoms with van der Waals surface area (Å²) < 4.78 is 1.92. The number of likely N-dealkylation sites (tertiary alicyclic amines) is 1. The van der Waals surface area contributed by atoms with Gasteiger partial charge in [0, 0.05) is 19.3 Å². The highest BCUT2D eigenvalue weighted by Gasteiger charge is 2.22. The van der Waals surface area contributed by atoms with Crippen molar-refractivity contribution in [3.63, 3.8) is 0 Å². The van der Waals surface area contributed by atoms with Gasteiger partial charge in [0.1, 0.15) is 0 Å². The zero-order valence-electron chi connectivity index (χ0n) is 14.3. The molecule has 2 aromatic carbocycles. The molecule has 0 spiro atoms. The third-order valence-electron chi connectivity index (χ3n) is 5.24. The van der Waals surface area contributed by atoms with Gasteiger partial charge in [0.25, 0.3) is 0 Å². The molecule has 1 aliphatic rings. The molecule has 2 heterocycles. The van der Waals surface area contributed by atoms with Crippen molar-refractivity contribution in [2.24, 2.45) is 5.92 Å². The first-order valence-electron chi connectivity index (χ1n) is 9.02. The van der Waals surface area contributed by atoms with Gasteiger partial charge in [0.05, 0.1) is 12.3 Å². The molecular weight excluding hydrogens is 312 g/mol. The first-order chi connectivity index (χ1) is 12.3. The SMILES string of the molecule is O[C@@H](CN1CCC(Cn2ccnn2)CC1)c1cccc2ccccc12. The van der Waals surface area contributed by atoms with Crippen LogP contribution >= 0.6 is 0 Å². The minimum Gasteiger partial charge on any atom is -0.387 e. The second kappa shape index (κ2) is 7.33. The molecule has 1 aliphatic heterocycles. The van der Waals surface area contributed by atoms with E-state index < -0.39 is 6.10 Å². The molecule has 5 nitrogen and oxygen atoms in total. The van der Waals surface area contributed by atoms with Crippen LogP contribution in [0, 0.1) is 5.92 Å². The smallest absolute Gasteiger partial charge is 0.0922 e. The molecule has 1 N–H and O–H groups in total. The van der Waals surface area contributed by atoms with Gasteiger partial charge in [0.15, 0.2) is 0 Å². The molecule has 0 bridgehead atoms. The summed E-state index contributed by atoms with van der Waals surface area (Å²) in [6.07, 6.45) is 5.49. The van der Waals surface area contributed by atoms with E-state index in [4.69, 9.17) is 0 Å². The Balaban J connectivity index is 1.36. The Bertz CT molecular complexity index is 804. The number of nitrogens with zero attached hydrogens (tertiary/aromatic N) is 4. The predicted octanol–water partition coefficient (Wildman–Crippen LogP) is 2.88. The minimum absolute atomic E-state index is 0.446. The van der Waals surface area contributed by atoms with E-state index >= 15 is 0 Å². The topological polar surface area (TPSA) is 54.2 Å². The molecule has 130 valence electrons. The van der Waals surface area contributed by atoms with Crippen LogP contribution in [0.15, 0.2) is 54.9 Å². The van der Waals surface area contributed by atoms with E-state index in [1.807, 2.05) is 35.1 Å². The van der Waals surface area contributed by atoms with E-state index in [9.17, 15) is 5.11 Å². The number of fused-ring (bicyclic) bond motifs is 1. The van der Waals surface area contributed by atoms with Crippen LogP contribution in [0.5, 0.6) is 0 Å². The fourth-order valence-electron chi connectivity index (χ4n) is 3.83. The van der Waals surface area contributed by atoms with E-state index in [2.05, 4.69) is 33.4 Å². The van der Waals surface area contributed by atoms with Gasteiger partial charge in [0.2, 0.25) is 0 Å². The number of hydrogen-bond donors (Lipinski definition) is 1. The lowest BCUT2D eigenvalue weighted by Gasteiger charge is -2.33. The molecule has 4 rings (SSSR count). The van der Waals surface area contributed by atoms with Crippen LogP contribution in [-0.2, 0) is 6.54 Å². The van der Waals surface area contributed by atoms with Crippen LogP contribution in [-0.4, -0.2) is 44.6 Å². The van der Waals surface area contributed by atoms with Gasteiger partial charge in [-0.05, 0) is 48.2 Å². The average Bonchev–Trinajstić information content (AvgIpc) is 3.16. The molecule has 3 aromatic rings. The van der Waals surface area contributed by atoms with Crippen molar-refractivity contribution in [2.45, 2.75) is 25.5 Å². The Kier molecular flexibility index (Phi) is 4.76. The Morgan fingerprint density at radius 2 is 1.88 bits per heavy atom. The summed E-state index contributed by atoms with van der Waals surface area (Å²) in [5.74, 6) is 0.646. The van der Waals surface area contributed by atoms with E-state index in [1.165, 1.54) is 5.39 Å². The lowest BCUT2D eigenvalue weighted by Crippen LogP contribution is -2.37. The Morgan fingerprint density at radius 3 is 2.68 bits per heavy atom. The fraction of sp³-hybridized carbons (Fsp3) is 0.400. The summed E-state index contributed by atoms with van der Waals surface area (Å²) in [6, 6.07) is 14.4. The molecule has 1 atom stereocenters. The van der Waals surface area contributed by atoms with Crippen LogP contribution in [0.4, 0.5) is 0 Å². The maximum atomic E-state index is 10.8. The summed E-state index contributed by atoms with van der Waals surface area (Å²) in [5.41, 5.74) is 1.03. The number of aromatic nitrogens is 3. The fourth-order valence-corrected chi connectivity index (χ4v) is 3.83. The summed E-state index contributed by atoms with van der Waals surface area (Å²) in [7, 11) is 0. The first-order valence-corrected chi connectivity index (χ1v) is 9.02. The number of aliphatic hydroxyl groups excluding tert-OH is 1. The molecular formula is C20H24N4O. The molecule has 1 saturated heterocycles. The minimum atomic E-state index is -0.446. The number of aliphatic hydroxyl groups is 1. The van der Waals surface area contributed by atoms with Crippen molar-refractivity contribution in [1.82, 2.24) is 19.9 Å². The zero-order valence-corrected chi connectivity index (χ0v) is 14.3. The number of rotatable bonds is 5. The quantitative estimate of drug-likeness (QED) is 0.778. The molecule has 25 heavy (non-hydrogen) atoms. The molecule has 0 radical (unpaired) electrons. The lowest BCUT2D eigenvalue weighted by molar-refractivity contribution is 0.0867. The number of hydrogen-bond acceptors (Lipinski definition) is 4. The third-order valence-corrected chi connectivity index (χ3v) is 5.24. The molecule has 1 fully saturated rings. The second-order valence-electron chi connectivity index (χ2n) is 6.95. The van der Waals surface area contributed by atoms with Gasteiger partial charge in [-0.2, -0.15) is 0 Å². The maximum absolute atomic E-state index is 10.8. The molecule has 0 saturated carbocycles. The molecule has 0 aliphatic carbocycles. The van der Waals surface area contributed by atoms with E-state index in [1.54, 1.807) is 6.20 Å². The molecule has 1 aromatic heterocycles. The highest BCUT2D eigenvalue weighted by molar-refractivity contribution is 5.85. The van der Waals surface area contributed by atoms with Crippen molar-refractivity contribution in [3.8, 4) is 0 Å². The van der Waals surface area contributed by atoms with Gasteiger partial charge in [-0.1, -0.05) is 47.7 Å². The van der Waals surface area contributed by atoms with Crippen molar-refractivity contribution >= 4 is 10.8 Å². The summed E-state index contributed by atoms with van der Waals surface area (Å²) >= 11 is 0. The third kappa shape index (κ3) is 3.72. The number of piperidine rings is 1. The van der Waals surface area contributed by atoms with Gasteiger partial charge in [-0.25, -0.2) is 0 Å². The van der Waals surface area contributed by atoms with Crippen molar-refractivity contribution < 1.29 is 5.11 Å². The summed E-state index contributed by atoms with van der Waals surface area (Å²) in [4.78, 5) is 2.38. The van der Waals surface area contributed by atoms with Gasteiger partial charge >= 0.3 is 0 Å². The van der Waals surface area contributed by atoms with Crippen molar-refractivity contribution in [3.05, 3.63) is 60.4 Å². The molecule has 0 amide bonds. The van der Waals surface area contributed by atoms with Crippen LogP contribution in [0.2, 0.25) is 0 Å². The lowest BCUT2D eigenvalue weighted by atomic mass is 9.95. The van der Waals surface area contributed by atoms with E-state index in [0.717, 1.165) is 43.4 Å². The highest BCUT2D eigenvalue weighted by Crippen LogP contribution is 2.26. The maximum Gasteiger partial charge on any atom is 0.0922 e. The van der Waals surface area contributed by atoms with Crippen molar-refractivity contribution in [2.75, 3.05) is 19.6 Å². The predicted molar refractivity (Wildman–Crippen MR) is 98.1 cm³/mol. The average molecular weight is 336 g/mol. The van der Waals surface area contributed by atoms with E-state index in [0.29, 0.717) is 12.5 Å². The number of benzene rings is 2. The van der Waals surface area contributed by atoms with Crippen LogP contribution in [0.3, 0.4) is 0 Å². The van der Waals surface area contributed by atoms with Gasteiger partial charge in [-0.3, -0.25) is 4.68 Å². The molecule has 0 unspecified atom stereocenters. The Labute approximate surface area is 147 Å². The Hall–Kier alpha value is -2.24. The number of β-amino-alcohol motifs (C(OH)–C–C–N with tert-alkyl or cyclic N) is 1. The van der Waals surface area contributed by atoms with Gasteiger partial charge < -0.3 is 10.0 Å².